The molecule has 0 radical (unpaired) electrons. The van der Waals surface area contributed by atoms with Crippen molar-refractivity contribution in [1.29, 1.82) is 0 Å². The van der Waals surface area contributed by atoms with Crippen LogP contribution in [0, 0.1) is 11.2 Å². The number of nitrogens with one attached hydrogen (secondary N) is 1. The van der Waals surface area contributed by atoms with Gasteiger partial charge >= 0.3 is 0 Å². The lowest BCUT2D eigenvalue weighted by Gasteiger charge is -2.31. The SMILES string of the molecule is CCC(CC)(CCO)CNC(=O)c1ccn(-c2ccccc2F)n1. The van der Waals surface area contributed by atoms with Gasteiger partial charge in [-0.05, 0) is 42.9 Å². The van der Waals surface area contributed by atoms with Gasteiger partial charge in [0.15, 0.2) is 5.69 Å². The molecule has 1 amide bonds. The molecular weight excluding hydrogens is 309 g/mol. The third-order valence-electron chi connectivity index (χ3n) is 4.69. The van der Waals surface area contributed by atoms with Gasteiger partial charge in [-0.25, -0.2) is 9.07 Å². The first-order valence-corrected chi connectivity index (χ1v) is 8.25. The van der Waals surface area contributed by atoms with Crippen LogP contribution >= 0.6 is 0 Å². The lowest BCUT2D eigenvalue weighted by atomic mass is 9.79. The Balaban J connectivity index is 2.07. The molecule has 0 spiro atoms. The molecule has 0 aliphatic heterocycles. The number of aliphatic hydroxyl groups is 1. The highest BCUT2D eigenvalue weighted by Gasteiger charge is 2.26. The standard InChI is InChI=1S/C18H24FN3O2/c1-3-18(4-2,10-12-23)13-20-17(24)15-9-11-22(21-15)16-8-6-5-7-14(16)19/h5-9,11,23H,3-4,10,12-13H2,1-2H3,(H,20,24). The zero-order valence-electron chi connectivity index (χ0n) is 14.1. The average Bonchev–Trinajstić information content (AvgIpc) is 3.09. The fraction of sp³-hybridized carbons (Fsp3) is 0.444. The van der Waals surface area contributed by atoms with Gasteiger partial charge in [-0.15, -0.1) is 0 Å². The molecule has 0 aliphatic rings. The van der Waals surface area contributed by atoms with E-state index in [1.165, 1.54) is 10.7 Å². The van der Waals surface area contributed by atoms with E-state index in [-0.39, 0.29) is 23.6 Å². The molecule has 6 heteroatoms. The van der Waals surface area contributed by atoms with E-state index in [4.69, 9.17) is 0 Å². The van der Waals surface area contributed by atoms with Gasteiger partial charge in [0.1, 0.15) is 11.5 Å². The molecular formula is C18H24FN3O2. The van der Waals surface area contributed by atoms with Gasteiger partial charge in [0.25, 0.3) is 5.91 Å². The summed E-state index contributed by atoms with van der Waals surface area (Å²) in [7, 11) is 0. The number of hydrogen-bond donors (Lipinski definition) is 2. The van der Waals surface area contributed by atoms with Crippen LogP contribution < -0.4 is 5.32 Å². The molecule has 0 aliphatic carbocycles. The summed E-state index contributed by atoms with van der Waals surface area (Å²) in [6.07, 6.45) is 3.94. The number of halogens is 1. The molecule has 1 aromatic carbocycles. The molecule has 24 heavy (non-hydrogen) atoms. The van der Waals surface area contributed by atoms with Crippen LogP contribution in [0.2, 0.25) is 0 Å². The number of rotatable bonds is 8. The van der Waals surface area contributed by atoms with Crippen LogP contribution in [-0.2, 0) is 0 Å². The summed E-state index contributed by atoms with van der Waals surface area (Å²) in [5.41, 5.74) is 0.426. The van der Waals surface area contributed by atoms with E-state index in [1.54, 1.807) is 30.5 Å². The predicted molar refractivity (Wildman–Crippen MR) is 90.6 cm³/mol. The summed E-state index contributed by atoms with van der Waals surface area (Å²) < 4.78 is 15.1. The maximum absolute atomic E-state index is 13.8. The first kappa shape index (κ1) is 18.1. The number of amides is 1. The van der Waals surface area contributed by atoms with E-state index < -0.39 is 5.82 Å². The minimum Gasteiger partial charge on any atom is -0.396 e. The largest absolute Gasteiger partial charge is 0.396 e. The zero-order valence-corrected chi connectivity index (χ0v) is 14.1. The first-order chi connectivity index (χ1) is 11.5. The van der Waals surface area contributed by atoms with E-state index in [0.717, 1.165) is 12.8 Å². The highest BCUT2D eigenvalue weighted by atomic mass is 19.1. The monoisotopic (exact) mass is 333 g/mol. The van der Waals surface area contributed by atoms with E-state index in [1.807, 2.05) is 0 Å². The Kier molecular flexibility index (Phi) is 6.09. The summed E-state index contributed by atoms with van der Waals surface area (Å²) in [6, 6.07) is 7.83. The van der Waals surface area contributed by atoms with Crippen molar-refractivity contribution < 1.29 is 14.3 Å². The maximum Gasteiger partial charge on any atom is 0.271 e. The number of benzene rings is 1. The molecule has 2 N–H and O–H groups in total. The Labute approximate surface area is 141 Å². The first-order valence-electron chi connectivity index (χ1n) is 8.25. The average molecular weight is 333 g/mol. The van der Waals surface area contributed by atoms with Crippen molar-refractivity contribution in [2.75, 3.05) is 13.2 Å². The lowest BCUT2D eigenvalue weighted by molar-refractivity contribution is 0.0902. The van der Waals surface area contributed by atoms with Gasteiger partial charge in [0.05, 0.1) is 0 Å². The Morgan fingerprint density at radius 3 is 2.62 bits per heavy atom. The van der Waals surface area contributed by atoms with E-state index >= 15 is 0 Å². The number of aromatic nitrogens is 2. The number of carbonyl (C=O) groups excluding carboxylic acids is 1. The van der Waals surface area contributed by atoms with Crippen LogP contribution in [0.15, 0.2) is 36.5 Å². The van der Waals surface area contributed by atoms with Gasteiger partial charge in [-0.2, -0.15) is 5.10 Å². The van der Waals surface area contributed by atoms with Crippen molar-refractivity contribution in [3.8, 4) is 5.69 Å². The summed E-state index contributed by atoms with van der Waals surface area (Å²) >= 11 is 0. The summed E-state index contributed by atoms with van der Waals surface area (Å²) in [4.78, 5) is 12.3. The second-order valence-electron chi connectivity index (χ2n) is 5.96. The minimum absolute atomic E-state index is 0.0967. The molecule has 1 heterocycles. The molecule has 2 aromatic rings. The number of carbonyl (C=O) groups is 1. The molecule has 2 rings (SSSR count). The topological polar surface area (TPSA) is 67.2 Å². The van der Waals surface area contributed by atoms with Crippen molar-refractivity contribution >= 4 is 5.91 Å². The van der Waals surface area contributed by atoms with Crippen molar-refractivity contribution in [2.24, 2.45) is 5.41 Å². The minimum atomic E-state index is -0.397. The third kappa shape index (κ3) is 4.00. The van der Waals surface area contributed by atoms with Gasteiger partial charge in [0, 0.05) is 19.3 Å². The molecule has 0 bridgehead atoms. The second kappa shape index (κ2) is 8.06. The highest BCUT2D eigenvalue weighted by molar-refractivity contribution is 5.92. The Morgan fingerprint density at radius 1 is 1.29 bits per heavy atom. The van der Waals surface area contributed by atoms with Crippen molar-refractivity contribution in [2.45, 2.75) is 33.1 Å². The van der Waals surface area contributed by atoms with E-state index in [0.29, 0.717) is 18.7 Å². The third-order valence-corrected chi connectivity index (χ3v) is 4.69. The molecule has 0 saturated heterocycles. The molecule has 5 nitrogen and oxygen atoms in total. The summed E-state index contributed by atoms with van der Waals surface area (Å²) in [5.74, 6) is -0.694. The fourth-order valence-corrected chi connectivity index (χ4v) is 2.75. The van der Waals surface area contributed by atoms with Gasteiger partial charge in [-0.1, -0.05) is 26.0 Å². The van der Waals surface area contributed by atoms with Crippen LogP contribution in [0.4, 0.5) is 4.39 Å². The van der Waals surface area contributed by atoms with Gasteiger partial charge < -0.3 is 10.4 Å². The smallest absolute Gasteiger partial charge is 0.271 e. The van der Waals surface area contributed by atoms with Crippen LogP contribution in [0.3, 0.4) is 0 Å². The number of para-hydroxylation sites is 1. The Hall–Kier alpha value is -2.21. The van der Waals surface area contributed by atoms with Crippen LogP contribution in [0.1, 0.15) is 43.6 Å². The van der Waals surface area contributed by atoms with Crippen molar-refractivity contribution in [3.63, 3.8) is 0 Å². The summed E-state index contributed by atoms with van der Waals surface area (Å²) in [6.45, 7) is 4.68. The van der Waals surface area contributed by atoms with Gasteiger partial charge in [-0.3, -0.25) is 4.79 Å². The fourth-order valence-electron chi connectivity index (χ4n) is 2.75. The second-order valence-corrected chi connectivity index (χ2v) is 5.96. The molecule has 0 fully saturated rings. The number of nitrogens with zero attached hydrogens (tertiary/aromatic N) is 2. The van der Waals surface area contributed by atoms with Crippen molar-refractivity contribution in [3.05, 3.63) is 48.0 Å². The molecule has 0 unspecified atom stereocenters. The van der Waals surface area contributed by atoms with Crippen LogP contribution in [-0.4, -0.2) is 33.9 Å². The number of aliphatic hydroxyl groups excluding tert-OH is 1. The summed E-state index contributed by atoms with van der Waals surface area (Å²) in [5, 5.41) is 16.3. The molecule has 0 atom stereocenters. The molecule has 1 aromatic heterocycles. The lowest BCUT2D eigenvalue weighted by Crippen LogP contribution is -2.37. The maximum atomic E-state index is 13.8. The number of hydrogen-bond acceptors (Lipinski definition) is 3. The highest BCUT2D eigenvalue weighted by Crippen LogP contribution is 2.29. The van der Waals surface area contributed by atoms with E-state index in [2.05, 4.69) is 24.3 Å². The normalized spacial score (nSPS) is 11.5. The van der Waals surface area contributed by atoms with Gasteiger partial charge in [0.2, 0.25) is 0 Å². The Morgan fingerprint density at radius 2 is 2.00 bits per heavy atom. The molecule has 130 valence electrons. The zero-order chi connectivity index (χ0) is 17.6. The predicted octanol–water partition coefficient (Wildman–Crippen LogP) is 2.93. The van der Waals surface area contributed by atoms with Crippen molar-refractivity contribution in [1.82, 2.24) is 15.1 Å². The molecule has 0 saturated carbocycles. The quantitative estimate of drug-likeness (QED) is 0.780. The Bertz CT molecular complexity index is 680. The van der Waals surface area contributed by atoms with Crippen LogP contribution in [0.25, 0.3) is 5.69 Å². The van der Waals surface area contributed by atoms with E-state index in [9.17, 15) is 14.3 Å². The van der Waals surface area contributed by atoms with Crippen LogP contribution in [0.5, 0.6) is 0 Å².